The van der Waals surface area contributed by atoms with Crippen LogP contribution in [0.5, 0.6) is 5.75 Å². The summed E-state index contributed by atoms with van der Waals surface area (Å²) in [5, 5.41) is 6.40. The molecule has 11 heteroatoms. The van der Waals surface area contributed by atoms with Crippen LogP contribution in [0.3, 0.4) is 0 Å². The zero-order valence-electron chi connectivity index (χ0n) is 20.4. The number of ether oxygens (including phenoxy) is 2. The molecule has 0 saturated carbocycles. The molecule has 2 aromatic carbocycles. The molecule has 0 aliphatic carbocycles. The molecular formula is C26H30Cl2N4O5. The largest absolute Gasteiger partial charge is 0.484 e. The van der Waals surface area contributed by atoms with Crippen LogP contribution in [0.4, 0.5) is 11.4 Å². The van der Waals surface area contributed by atoms with Crippen LogP contribution in [-0.2, 0) is 19.1 Å². The fraction of sp³-hybridized carbons (Fsp3) is 0.423. The number of morpholine rings is 1. The Morgan fingerprint density at radius 1 is 1.05 bits per heavy atom. The number of hydrogen-bond acceptors (Lipinski definition) is 6. The number of halogens is 2. The van der Waals surface area contributed by atoms with Crippen LogP contribution in [0.15, 0.2) is 42.5 Å². The van der Waals surface area contributed by atoms with E-state index >= 15 is 0 Å². The molecule has 198 valence electrons. The van der Waals surface area contributed by atoms with Gasteiger partial charge in [-0.2, -0.15) is 0 Å². The van der Waals surface area contributed by atoms with Gasteiger partial charge in [0.05, 0.1) is 29.2 Å². The van der Waals surface area contributed by atoms with E-state index in [2.05, 4.69) is 15.5 Å². The maximum atomic E-state index is 12.6. The highest BCUT2D eigenvalue weighted by atomic mass is 35.5. The number of carbonyl (C=O) groups excluding carboxylic acids is 3. The van der Waals surface area contributed by atoms with E-state index in [4.69, 9.17) is 32.7 Å². The number of hydrogen-bond donors (Lipinski definition) is 2. The molecule has 2 aliphatic rings. The fourth-order valence-corrected chi connectivity index (χ4v) is 4.56. The van der Waals surface area contributed by atoms with E-state index in [-0.39, 0.29) is 36.7 Å². The van der Waals surface area contributed by atoms with Gasteiger partial charge >= 0.3 is 0 Å². The predicted molar refractivity (Wildman–Crippen MR) is 142 cm³/mol. The number of rotatable bonds is 10. The predicted octanol–water partition coefficient (Wildman–Crippen LogP) is 3.20. The molecule has 2 saturated heterocycles. The number of benzene rings is 2. The topological polar surface area (TPSA) is 100 Å². The summed E-state index contributed by atoms with van der Waals surface area (Å²) in [4.78, 5) is 41.3. The smallest absolute Gasteiger partial charge is 0.262 e. The summed E-state index contributed by atoms with van der Waals surface area (Å²) >= 11 is 11.8. The van der Waals surface area contributed by atoms with Gasteiger partial charge in [-0.25, -0.2) is 0 Å². The quantitative estimate of drug-likeness (QED) is 0.442. The van der Waals surface area contributed by atoms with Crippen LogP contribution in [0.2, 0.25) is 10.0 Å². The van der Waals surface area contributed by atoms with Crippen molar-refractivity contribution >= 4 is 52.3 Å². The number of anilines is 2. The Morgan fingerprint density at radius 3 is 2.54 bits per heavy atom. The molecule has 0 unspecified atom stereocenters. The summed E-state index contributed by atoms with van der Waals surface area (Å²) in [5.74, 6) is -0.434. The third-order valence-corrected chi connectivity index (χ3v) is 7.01. The SMILES string of the molecule is O=C(COc1ccc(N2C[C@H](C(=O)NCCCN3CCOCC3)CC2=O)cc1)Nc1ccc(Cl)c(Cl)c1. The molecule has 0 spiro atoms. The van der Waals surface area contributed by atoms with Crippen molar-refractivity contribution < 1.29 is 23.9 Å². The van der Waals surface area contributed by atoms with Gasteiger partial charge in [-0.3, -0.25) is 19.3 Å². The van der Waals surface area contributed by atoms with Gasteiger partial charge in [0, 0.05) is 44.0 Å². The van der Waals surface area contributed by atoms with Crippen LogP contribution >= 0.6 is 23.2 Å². The Bertz CT molecular complexity index is 1110. The van der Waals surface area contributed by atoms with Gasteiger partial charge in [0.15, 0.2) is 6.61 Å². The van der Waals surface area contributed by atoms with Gasteiger partial charge in [-0.15, -0.1) is 0 Å². The van der Waals surface area contributed by atoms with Crippen LogP contribution in [-0.4, -0.2) is 75.2 Å². The first-order chi connectivity index (χ1) is 17.9. The minimum Gasteiger partial charge on any atom is -0.484 e. The van der Waals surface area contributed by atoms with Crippen molar-refractivity contribution in [3.05, 3.63) is 52.5 Å². The molecule has 0 aromatic heterocycles. The molecule has 4 rings (SSSR count). The Hall–Kier alpha value is -2.85. The second-order valence-electron chi connectivity index (χ2n) is 8.96. The molecule has 3 amide bonds. The van der Waals surface area contributed by atoms with Crippen molar-refractivity contribution in [3.8, 4) is 5.75 Å². The number of carbonyl (C=O) groups is 3. The maximum Gasteiger partial charge on any atom is 0.262 e. The van der Waals surface area contributed by atoms with E-state index in [1.807, 2.05) is 0 Å². The van der Waals surface area contributed by atoms with Gasteiger partial charge in [0.2, 0.25) is 11.8 Å². The van der Waals surface area contributed by atoms with E-state index in [0.29, 0.717) is 40.3 Å². The summed E-state index contributed by atoms with van der Waals surface area (Å²) in [5.41, 5.74) is 1.20. The van der Waals surface area contributed by atoms with E-state index in [1.165, 1.54) is 0 Å². The molecule has 2 aliphatic heterocycles. The van der Waals surface area contributed by atoms with Crippen molar-refractivity contribution in [2.75, 3.05) is 62.8 Å². The molecule has 2 fully saturated rings. The monoisotopic (exact) mass is 548 g/mol. The van der Waals surface area contributed by atoms with Crippen LogP contribution in [0.1, 0.15) is 12.8 Å². The van der Waals surface area contributed by atoms with Gasteiger partial charge in [-0.1, -0.05) is 23.2 Å². The molecule has 0 radical (unpaired) electrons. The number of nitrogens with zero attached hydrogens (tertiary/aromatic N) is 2. The fourth-order valence-electron chi connectivity index (χ4n) is 4.26. The van der Waals surface area contributed by atoms with E-state index in [1.54, 1.807) is 47.4 Å². The van der Waals surface area contributed by atoms with Gasteiger partial charge in [0.1, 0.15) is 5.75 Å². The Labute approximate surface area is 226 Å². The lowest BCUT2D eigenvalue weighted by Crippen LogP contribution is -2.39. The second kappa shape index (κ2) is 13.1. The third kappa shape index (κ3) is 7.82. The summed E-state index contributed by atoms with van der Waals surface area (Å²) in [6.45, 7) is 5.02. The Morgan fingerprint density at radius 2 is 1.81 bits per heavy atom. The average Bonchev–Trinajstić information content (AvgIpc) is 3.30. The summed E-state index contributed by atoms with van der Waals surface area (Å²) < 4.78 is 10.9. The number of amides is 3. The van der Waals surface area contributed by atoms with E-state index in [0.717, 1.165) is 39.3 Å². The summed E-state index contributed by atoms with van der Waals surface area (Å²) in [7, 11) is 0. The molecule has 37 heavy (non-hydrogen) atoms. The molecule has 0 bridgehead atoms. The molecule has 1 atom stereocenters. The summed E-state index contributed by atoms with van der Waals surface area (Å²) in [6.07, 6.45) is 1.05. The normalized spacial score (nSPS) is 18.1. The van der Waals surface area contributed by atoms with Gasteiger partial charge < -0.3 is 25.0 Å². The highest BCUT2D eigenvalue weighted by Gasteiger charge is 2.35. The van der Waals surface area contributed by atoms with Crippen molar-refractivity contribution in [1.29, 1.82) is 0 Å². The van der Waals surface area contributed by atoms with Crippen molar-refractivity contribution in [1.82, 2.24) is 10.2 Å². The standard InChI is InChI=1S/C26H30Cl2N4O5/c27-22-7-2-19(15-23(22)28)30-24(33)17-37-21-5-3-20(4-6-21)32-16-18(14-25(32)34)26(35)29-8-1-9-31-10-12-36-13-11-31/h2-7,15,18H,1,8-14,16-17H2,(H,29,35)(H,30,33)/t18-/m1/s1. The first-order valence-corrected chi connectivity index (χ1v) is 13.0. The Kier molecular flexibility index (Phi) is 9.62. The first kappa shape index (κ1) is 27.2. The summed E-state index contributed by atoms with van der Waals surface area (Å²) in [6, 6.07) is 11.7. The van der Waals surface area contributed by atoms with Crippen molar-refractivity contribution in [2.24, 2.45) is 5.92 Å². The average molecular weight is 549 g/mol. The minimum atomic E-state index is -0.378. The second-order valence-corrected chi connectivity index (χ2v) is 9.78. The Balaban J connectivity index is 1.19. The third-order valence-electron chi connectivity index (χ3n) is 6.27. The highest BCUT2D eigenvalue weighted by Crippen LogP contribution is 2.27. The first-order valence-electron chi connectivity index (χ1n) is 12.2. The van der Waals surface area contributed by atoms with Gasteiger partial charge in [-0.05, 0) is 55.4 Å². The van der Waals surface area contributed by atoms with Crippen LogP contribution in [0.25, 0.3) is 0 Å². The zero-order chi connectivity index (χ0) is 26.2. The molecule has 2 heterocycles. The van der Waals surface area contributed by atoms with Crippen molar-refractivity contribution in [3.63, 3.8) is 0 Å². The molecule has 2 aromatic rings. The van der Waals surface area contributed by atoms with Crippen LogP contribution < -0.4 is 20.3 Å². The molecule has 9 nitrogen and oxygen atoms in total. The van der Waals surface area contributed by atoms with Crippen LogP contribution in [0, 0.1) is 5.92 Å². The highest BCUT2D eigenvalue weighted by molar-refractivity contribution is 6.42. The zero-order valence-corrected chi connectivity index (χ0v) is 21.9. The van der Waals surface area contributed by atoms with E-state index < -0.39 is 0 Å². The molecule has 2 N–H and O–H groups in total. The lowest BCUT2D eigenvalue weighted by Gasteiger charge is -2.26. The lowest BCUT2D eigenvalue weighted by atomic mass is 10.1. The lowest BCUT2D eigenvalue weighted by molar-refractivity contribution is -0.126. The number of nitrogens with one attached hydrogen (secondary N) is 2. The van der Waals surface area contributed by atoms with Crippen molar-refractivity contribution in [2.45, 2.75) is 12.8 Å². The molecular weight excluding hydrogens is 519 g/mol. The maximum absolute atomic E-state index is 12.6. The van der Waals surface area contributed by atoms with E-state index in [9.17, 15) is 14.4 Å². The van der Waals surface area contributed by atoms with Gasteiger partial charge in [0.25, 0.3) is 5.91 Å². The minimum absolute atomic E-state index is 0.0919.